The van der Waals surface area contributed by atoms with Gasteiger partial charge in [-0.2, -0.15) is 0 Å². The third-order valence-corrected chi connectivity index (χ3v) is 3.72. The highest BCUT2D eigenvalue weighted by atomic mass is 32.2. The first-order chi connectivity index (χ1) is 10.2. The predicted octanol–water partition coefficient (Wildman–Crippen LogP) is 1.40. The lowest BCUT2D eigenvalue weighted by Gasteiger charge is -2.25. The number of nitrogens with one attached hydrogen (secondary N) is 3. The molecular formula is C15H23N3O3S. The van der Waals surface area contributed by atoms with Crippen LogP contribution in [0, 0.1) is 0 Å². The molecule has 7 heteroatoms. The largest absolute Gasteiger partial charge is 0.359 e. The molecule has 3 N–H and O–H groups in total. The van der Waals surface area contributed by atoms with E-state index in [-0.39, 0.29) is 30.0 Å². The Morgan fingerprint density at radius 2 is 2.09 bits per heavy atom. The fraction of sp³-hybridized carbons (Fsp3) is 0.533. The highest BCUT2D eigenvalue weighted by Crippen LogP contribution is 2.21. The number of amides is 2. The Labute approximate surface area is 135 Å². The third kappa shape index (κ3) is 6.80. The molecule has 1 aliphatic rings. The Hall–Kier alpha value is -1.76. The number of allylic oxidation sites excluding steroid dienone is 2. The van der Waals surface area contributed by atoms with Gasteiger partial charge in [0.2, 0.25) is 12.3 Å². The van der Waals surface area contributed by atoms with Crippen molar-refractivity contribution >= 4 is 29.9 Å². The molecule has 0 saturated carbocycles. The highest BCUT2D eigenvalue weighted by Gasteiger charge is 2.25. The molecule has 1 unspecified atom stereocenters. The summed E-state index contributed by atoms with van der Waals surface area (Å²) in [6, 6.07) is 0. The van der Waals surface area contributed by atoms with Crippen molar-refractivity contribution in [3.8, 4) is 0 Å². The second kappa shape index (κ2) is 8.03. The van der Waals surface area contributed by atoms with E-state index >= 15 is 0 Å². The molecule has 0 spiro atoms. The monoisotopic (exact) mass is 325 g/mol. The molecule has 0 fully saturated rings. The SMILES string of the molecule is CC(C)=CC(=O)CC(C)(C)NC(=O)CC1=CSC(NC=O)N1. The molecule has 6 nitrogen and oxygen atoms in total. The molecule has 2 amide bonds. The second-order valence-corrected chi connectivity index (χ2v) is 7.04. The Kier molecular flexibility index (Phi) is 6.67. The molecule has 122 valence electrons. The minimum atomic E-state index is -0.604. The van der Waals surface area contributed by atoms with Crippen LogP contribution in [0.2, 0.25) is 0 Å². The van der Waals surface area contributed by atoms with Gasteiger partial charge < -0.3 is 16.0 Å². The van der Waals surface area contributed by atoms with Gasteiger partial charge in [-0.1, -0.05) is 17.3 Å². The van der Waals surface area contributed by atoms with Gasteiger partial charge in [-0.25, -0.2) is 0 Å². The number of carbonyl (C=O) groups excluding carboxylic acids is 3. The lowest BCUT2D eigenvalue weighted by molar-refractivity contribution is -0.122. The van der Waals surface area contributed by atoms with Crippen LogP contribution >= 0.6 is 11.8 Å². The van der Waals surface area contributed by atoms with Gasteiger partial charge in [0, 0.05) is 17.7 Å². The molecule has 0 bridgehead atoms. The summed E-state index contributed by atoms with van der Waals surface area (Å²) in [6.07, 6.45) is 2.63. The van der Waals surface area contributed by atoms with Crippen molar-refractivity contribution in [3.63, 3.8) is 0 Å². The van der Waals surface area contributed by atoms with Crippen LogP contribution in [0.3, 0.4) is 0 Å². The number of ketones is 1. The normalized spacial score (nSPS) is 17.1. The van der Waals surface area contributed by atoms with Crippen LogP contribution in [-0.2, 0) is 14.4 Å². The summed E-state index contributed by atoms with van der Waals surface area (Å²) in [4.78, 5) is 34.2. The Morgan fingerprint density at radius 3 is 2.68 bits per heavy atom. The maximum absolute atomic E-state index is 12.1. The molecule has 0 aromatic heterocycles. The maximum atomic E-state index is 12.1. The summed E-state index contributed by atoms with van der Waals surface area (Å²) in [5.41, 5.74) is 0.853. The van der Waals surface area contributed by atoms with Gasteiger partial charge in [-0.15, -0.1) is 0 Å². The second-order valence-electron chi connectivity index (χ2n) is 6.06. The molecular weight excluding hydrogens is 302 g/mol. The summed E-state index contributed by atoms with van der Waals surface area (Å²) in [7, 11) is 0. The zero-order chi connectivity index (χ0) is 16.8. The quantitative estimate of drug-likeness (QED) is 0.464. The average Bonchev–Trinajstić information content (AvgIpc) is 2.73. The smallest absolute Gasteiger partial charge is 0.226 e. The Bertz CT molecular complexity index is 508. The molecule has 1 heterocycles. The fourth-order valence-electron chi connectivity index (χ4n) is 2.07. The third-order valence-electron chi connectivity index (χ3n) is 2.78. The van der Waals surface area contributed by atoms with Crippen LogP contribution < -0.4 is 16.0 Å². The predicted molar refractivity (Wildman–Crippen MR) is 87.7 cm³/mol. The number of rotatable bonds is 8. The van der Waals surface area contributed by atoms with Gasteiger partial charge >= 0.3 is 0 Å². The summed E-state index contributed by atoms with van der Waals surface area (Å²) >= 11 is 1.40. The van der Waals surface area contributed by atoms with E-state index in [9.17, 15) is 14.4 Å². The zero-order valence-corrected chi connectivity index (χ0v) is 14.2. The van der Waals surface area contributed by atoms with Gasteiger partial charge in [0.05, 0.1) is 6.42 Å². The lowest BCUT2D eigenvalue weighted by atomic mass is 9.96. The van der Waals surface area contributed by atoms with E-state index in [0.29, 0.717) is 6.41 Å². The zero-order valence-electron chi connectivity index (χ0n) is 13.4. The summed E-state index contributed by atoms with van der Waals surface area (Å²) in [6.45, 7) is 7.37. The molecule has 0 aliphatic carbocycles. The minimum absolute atomic E-state index is 0.00527. The van der Waals surface area contributed by atoms with Crippen molar-refractivity contribution in [2.24, 2.45) is 0 Å². The van der Waals surface area contributed by atoms with Crippen molar-refractivity contribution < 1.29 is 14.4 Å². The minimum Gasteiger partial charge on any atom is -0.359 e. The van der Waals surface area contributed by atoms with Gasteiger partial charge in [0.25, 0.3) is 0 Å². The van der Waals surface area contributed by atoms with E-state index in [1.807, 2.05) is 33.1 Å². The molecule has 1 rings (SSSR count). The number of hydrogen-bond acceptors (Lipinski definition) is 5. The van der Waals surface area contributed by atoms with Crippen molar-refractivity contribution in [3.05, 3.63) is 22.8 Å². The van der Waals surface area contributed by atoms with Crippen LogP contribution in [-0.4, -0.2) is 29.1 Å². The van der Waals surface area contributed by atoms with Crippen LogP contribution in [0.25, 0.3) is 0 Å². The maximum Gasteiger partial charge on any atom is 0.226 e. The molecule has 0 aromatic carbocycles. The van der Waals surface area contributed by atoms with Crippen LogP contribution in [0.5, 0.6) is 0 Å². The van der Waals surface area contributed by atoms with E-state index in [0.717, 1.165) is 11.3 Å². The van der Waals surface area contributed by atoms with Crippen molar-refractivity contribution in [1.29, 1.82) is 0 Å². The Morgan fingerprint density at radius 1 is 1.41 bits per heavy atom. The van der Waals surface area contributed by atoms with Gasteiger partial charge in [0.15, 0.2) is 11.3 Å². The number of carbonyl (C=O) groups is 3. The first-order valence-electron chi connectivity index (χ1n) is 7.01. The van der Waals surface area contributed by atoms with Gasteiger partial charge in [0.1, 0.15) is 0 Å². The lowest BCUT2D eigenvalue weighted by Crippen LogP contribution is -2.45. The van der Waals surface area contributed by atoms with Crippen LogP contribution in [0.15, 0.2) is 22.8 Å². The van der Waals surface area contributed by atoms with Crippen LogP contribution in [0.4, 0.5) is 0 Å². The fourth-order valence-corrected chi connectivity index (χ4v) is 2.87. The number of hydrogen-bond donors (Lipinski definition) is 3. The van der Waals surface area contributed by atoms with Gasteiger partial charge in [-0.3, -0.25) is 14.4 Å². The standard InChI is InChI=1S/C15H23N3O3S/c1-10(2)5-12(20)7-15(3,4)18-13(21)6-11-8-22-14(17-11)16-9-19/h5,8-9,14,17H,6-7H2,1-4H3,(H,16,19)(H,18,21). The van der Waals surface area contributed by atoms with E-state index in [1.54, 1.807) is 6.08 Å². The van der Waals surface area contributed by atoms with Crippen molar-refractivity contribution in [2.45, 2.75) is 51.6 Å². The highest BCUT2D eigenvalue weighted by molar-refractivity contribution is 8.02. The average molecular weight is 325 g/mol. The van der Waals surface area contributed by atoms with Crippen LogP contribution in [0.1, 0.15) is 40.5 Å². The first-order valence-corrected chi connectivity index (χ1v) is 7.95. The van der Waals surface area contributed by atoms with Crippen molar-refractivity contribution in [1.82, 2.24) is 16.0 Å². The molecule has 0 radical (unpaired) electrons. The number of thioether (sulfide) groups is 1. The van der Waals surface area contributed by atoms with E-state index in [1.165, 1.54) is 11.8 Å². The topological polar surface area (TPSA) is 87.3 Å². The summed E-state index contributed by atoms with van der Waals surface area (Å²) < 4.78 is 0. The molecule has 0 aromatic rings. The van der Waals surface area contributed by atoms with E-state index < -0.39 is 5.54 Å². The first kappa shape index (κ1) is 18.3. The van der Waals surface area contributed by atoms with E-state index in [2.05, 4.69) is 16.0 Å². The molecule has 1 aliphatic heterocycles. The summed E-state index contributed by atoms with van der Waals surface area (Å²) in [5.74, 6) is -0.171. The summed E-state index contributed by atoms with van der Waals surface area (Å²) in [5, 5.41) is 10.3. The molecule has 22 heavy (non-hydrogen) atoms. The molecule has 0 saturated heterocycles. The molecule has 1 atom stereocenters. The van der Waals surface area contributed by atoms with Crippen molar-refractivity contribution in [2.75, 3.05) is 0 Å². The van der Waals surface area contributed by atoms with E-state index in [4.69, 9.17) is 0 Å². The van der Waals surface area contributed by atoms with Gasteiger partial charge in [-0.05, 0) is 39.2 Å². The Balaban J connectivity index is 2.45.